The van der Waals surface area contributed by atoms with Crippen LogP contribution in [0.1, 0.15) is 6.92 Å². The lowest BCUT2D eigenvalue weighted by Crippen LogP contribution is -2.51. The minimum absolute atomic E-state index is 0.263. The zero-order chi connectivity index (χ0) is 13.1. The van der Waals surface area contributed by atoms with Gasteiger partial charge in [0, 0.05) is 25.7 Å². The van der Waals surface area contributed by atoms with Gasteiger partial charge in [0.1, 0.15) is 0 Å². The maximum Gasteiger partial charge on any atom is 0.322 e. The van der Waals surface area contributed by atoms with Crippen LogP contribution in [-0.4, -0.2) is 59.7 Å². The quantitative estimate of drug-likeness (QED) is 0.540. The number of methoxy groups -OCH3 is 1. The van der Waals surface area contributed by atoms with Gasteiger partial charge in [-0.3, -0.25) is 5.43 Å². The Balaban J connectivity index is 2.26. The van der Waals surface area contributed by atoms with Gasteiger partial charge in [-0.05, 0) is 14.0 Å². The number of piperazine rings is 1. The summed E-state index contributed by atoms with van der Waals surface area (Å²) in [6.07, 6.45) is 0. The molecular weight excluding hydrogens is 234 g/mol. The number of likely N-dealkylation sites (N-methyl/N-ethyl adjacent to an activating group) is 1. The zero-order valence-corrected chi connectivity index (χ0v) is 10.9. The van der Waals surface area contributed by atoms with Gasteiger partial charge in [-0.1, -0.05) is 0 Å². The van der Waals surface area contributed by atoms with Crippen molar-refractivity contribution >= 4 is 11.9 Å². The third-order valence-electron chi connectivity index (χ3n) is 3.00. The van der Waals surface area contributed by atoms with E-state index in [0.29, 0.717) is 17.9 Å². The fraction of sp³-hybridized carbons (Fsp3) is 0.700. The molecule has 1 fully saturated rings. The summed E-state index contributed by atoms with van der Waals surface area (Å²) in [6, 6.07) is 0.598. The molecule has 1 atom stereocenters. The lowest BCUT2D eigenvalue weighted by atomic mass is 10.2. The van der Waals surface area contributed by atoms with Crippen LogP contribution in [0.25, 0.3) is 0 Å². The molecule has 0 spiro atoms. The molecule has 1 aromatic rings. The average molecular weight is 253 g/mol. The van der Waals surface area contributed by atoms with E-state index in [4.69, 9.17) is 10.6 Å². The molecule has 1 saturated heterocycles. The Bertz CT molecular complexity index is 391. The zero-order valence-electron chi connectivity index (χ0n) is 10.9. The van der Waals surface area contributed by atoms with E-state index in [-0.39, 0.29) is 6.01 Å². The maximum atomic E-state index is 5.34. The highest BCUT2D eigenvalue weighted by molar-refractivity contribution is 5.39. The Morgan fingerprint density at radius 3 is 2.72 bits per heavy atom. The minimum atomic E-state index is 0.263. The first-order chi connectivity index (χ1) is 8.63. The summed E-state index contributed by atoms with van der Waals surface area (Å²) in [5, 5.41) is 0. The predicted molar refractivity (Wildman–Crippen MR) is 68.5 cm³/mol. The third kappa shape index (κ3) is 2.59. The van der Waals surface area contributed by atoms with Gasteiger partial charge < -0.3 is 14.5 Å². The number of anilines is 2. The fourth-order valence-electron chi connectivity index (χ4n) is 2.07. The van der Waals surface area contributed by atoms with Crippen LogP contribution in [0.4, 0.5) is 11.9 Å². The van der Waals surface area contributed by atoms with Crippen LogP contribution < -0.4 is 20.9 Å². The summed E-state index contributed by atoms with van der Waals surface area (Å²) in [6.45, 7) is 4.96. The lowest BCUT2D eigenvalue weighted by Gasteiger charge is -2.38. The van der Waals surface area contributed by atoms with E-state index in [9.17, 15) is 0 Å². The monoisotopic (exact) mass is 253 g/mol. The highest BCUT2D eigenvalue weighted by atomic mass is 16.5. The number of hydrogen-bond donors (Lipinski definition) is 2. The molecule has 8 nitrogen and oxygen atoms in total. The van der Waals surface area contributed by atoms with Gasteiger partial charge in [-0.2, -0.15) is 15.0 Å². The van der Waals surface area contributed by atoms with Crippen LogP contribution in [0.15, 0.2) is 0 Å². The van der Waals surface area contributed by atoms with Gasteiger partial charge >= 0.3 is 6.01 Å². The van der Waals surface area contributed by atoms with Gasteiger partial charge in [-0.25, -0.2) is 5.84 Å². The number of nitrogens with one attached hydrogen (secondary N) is 1. The van der Waals surface area contributed by atoms with Crippen LogP contribution in [0.5, 0.6) is 6.01 Å². The summed E-state index contributed by atoms with van der Waals surface area (Å²) >= 11 is 0. The average Bonchev–Trinajstić information content (AvgIpc) is 2.38. The standard InChI is InChI=1S/C10H19N7O/c1-7-6-16(2)4-5-17(7)9-12-8(15-11)13-10(14-9)18-3/h7H,4-6,11H2,1-3H3,(H,12,13,14,15). The largest absolute Gasteiger partial charge is 0.467 e. The van der Waals surface area contributed by atoms with Gasteiger partial charge in [0.05, 0.1) is 7.11 Å². The minimum Gasteiger partial charge on any atom is -0.467 e. The van der Waals surface area contributed by atoms with Gasteiger partial charge in [0.2, 0.25) is 11.9 Å². The van der Waals surface area contributed by atoms with Crippen molar-refractivity contribution < 1.29 is 4.74 Å². The number of ether oxygens (including phenoxy) is 1. The second-order valence-electron chi connectivity index (χ2n) is 4.39. The predicted octanol–water partition coefficient (Wildman–Crippen LogP) is -0.694. The molecule has 0 amide bonds. The number of hydrogen-bond acceptors (Lipinski definition) is 8. The third-order valence-corrected chi connectivity index (χ3v) is 3.00. The van der Waals surface area contributed by atoms with Crippen molar-refractivity contribution in [3.63, 3.8) is 0 Å². The molecule has 8 heteroatoms. The molecule has 18 heavy (non-hydrogen) atoms. The molecule has 2 heterocycles. The molecule has 1 aliphatic rings. The number of hydrazine groups is 1. The number of rotatable bonds is 3. The Kier molecular flexibility index (Phi) is 3.78. The summed E-state index contributed by atoms with van der Waals surface area (Å²) < 4.78 is 5.05. The van der Waals surface area contributed by atoms with Crippen LogP contribution in [0.3, 0.4) is 0 Å². The Labute approximate surface area is 106 Å². The first-order valence-corrected chi connectivity index (χ1v) is 5.86. The van der Waals surface area contributed by atoms with Gasteiger partial charge in [0.15, 0.2) is 0 Å². The molecule has 0 bridgehead atoms. The Morgan fingerprint density at radius 1 is 1.33 bits per heavy atom. The highest BCUT2D eigenvalue weighted by Crippen LogP contribution is 2.19. The fourth-order valence-corrected chi connectivity index (χ4v) is 2.07. The van der Waals surface area contributed by atoms with Crippen molar-refractivity contribution in [1.82, 2.24) is 19.9 Å². The molecule has 2 rings (SSSR count). The number of nitrogen functional groups attached to an aromatic ring is 1. The molecule has 100 valence electrons. The molecule has 0 aromatic carbocycles. The second kappa shape index (κ2) is 5.32. The molecule has 0 saturated carbocycles. The van der Waals surface area contributed by atoms with E-state index in [0.717, 1.165) is 19.6 Å². The smallest absolute Gasteiger partial charge is 0.322 e. The first-order valence-electron chi connectivity index (χ1n) is 5.86. The van der Waals surface area contributed by atoms with Crippen LogP contribution >= 0.6 is 0 Å². The normalized spacial score (nSPS) is 20.9. The lowest BCUT2D eigenvalue weighted by molar-refractivity contribution is 0.273. The summed E-state index contributed by atoms with van der Waals surface area (Å²) in [5.74, 6) is 6.24. The molecule has 1 aromatic heterocycles. The van der Waals surface area contributed by atoms with Crippen molar-refractivity contribution in [3.05, 3.63) is 0 Å². The summed E-state index contributed by atoms with van der Waals surface area (Å²) in [7, 11) is 3.63. The maximum absolute atomic E-state index is 5.34. The highest BCUT2D eigenvalue weighted by Gasteiger charge is 2.24. The van der Waals surface area contributed by atoms with Crippen LogP contribution in [-0.2, 0) is 0 Å². The summed E-state index contributed by atoms with van der Waals surface area (Å²) in [5.41, 5.74) is 2.43. The van der Waals surface area contributed by atoms with Crippen molar-refractivity contribution in [2.75, 3.05) is 44.1 Å². The molecule has 0 aliphatic carbocycles. The summed E-state index contributed by atoms with van der Waals surface area (Å²) in [4.78, 5) is 16.9. The van der Waals surface area contributed by atoms with Gasteiger partial charge in [0.25, 0.3) is 0 Å². The van der Waals surface area contributed by atoms with E-state index in [1.807, 2.05) is 0 Å². The topological polar surface area (TPSA) is 92.4 Å². The van der Waals surface area contributed by atoms with Crippen LogP contribution in [0.2, 0.25) is 0 Å². The van der Waals surface area contributed by atoms with Crippen LogP contribution in [0, 0.1) is 0 Å². The molecular formula is C10H19N7O. The number of nitrogens with two attached hydrogens (primary N) is 1. The van der Waals surface area contributed by atoms with E-state index in [1.165, 1.54) is 7.11 Å². The van der Waals surface area contributed by atoms with Crippen molar-refractivity contribution in [3.8, 4) is 6.01 Å². The Hall–Kier alpha value is -1.67. The Morgan fingerprint density at radius 2 is 2.11 bits per heavy atom. The van der Waals surface area contributed by atoms with Gasteiger partial charge in [-0.15, -0.1) is 0 Å². The molecule has 1 unspecified atom stereocenters. The van der Waals surface area contributed by atoms with Crippen molar-refractivity contribution in [1.29, 1.82) is 0 Å². The molecule has 3 N–H and O–H groups in total. The van der Waals surface area contributed by atoms with Crippen molar-refractivity contribution in [2.45, 2.75) is 13.0 Å². The SMILES string of the molecule is COc1nc(NN)nc(N2CCN(C)CC2C)n1. The van der Waals surface area contributed by atoms with E-state index >= 15 is 0 Å². The van der Waals surface area contributed by atoms with E-state index < -0.39 is 0 Å². The van der Waals surface area contributed by atoms with E-state index in [2.05, 4.69) is 44.1 Å². The molecule has 1 aliphatic heterocycles. The van der Waals surface area contributed by atoms with E-state index in [1.54, 1.807) is 0 Å². The number of nitrogens with zero attached hydrogens (tertiary/aromatic N) is 5. The second-order valence-corrected chi connectivity index (χ2v) is 4.39. The molecule has 0 radical (unpaired) electrons. The first kappa shape index (κ1) is 12.8. The number of aromatic nitrogens is 3. The van der Waals surface area contributed by atoms with Crippen molar-refractivity contribution in [2.24, 2.45) is 5.84 Å².